The van der Waals surface area contributed by atoms with Crippen LogP contribution in [0.5, 0.6) is 11.5 Å². The number of halogens is 3. The van der Waals surface area contributed by atoms with Crippen LogP contribution in [-0.2, 0) is 0 Å². The average molecular weight is 302 g/mol. The molecular weight excluding hydrogens is 293 g/mol. The molecule has 0 aliphatic rings. The molecule has 1 aromatic carbocycles. The summed E-state index contributed by atoms with van der Waals surface area (Å²) >= 11 is 1.16. The Morgan fingerprint density at radius 3 is 2.55 bits per heavy atom. The van der Waals surface area contributed by atoms with Crippen LogP contribution in [0.1, 0.15) is 15.2 Å². The lowest BCUT2D eigenvalue weighted by molar-refractivity contribution is -0.274. The molecule has 7 heteroatoms. The minimum absolute atomic E-state index is 0.122. The van der Waals surface area contributed by atoms with Gasteiger partial charge < -0.3 is 9.47 Å². The van der Waals surface area contributed by atoms with Crippen LogP contribution in [0.4, 0.5) is 13.2 Å². The van der Waals surface area contributed by atoms with Gasteiger partial charge in [0.05, 0.1) is 12.0 Å². The molecule has 0 saturated carbocycles. The molecule has 0 fully saturated rings. The van der Waals surface area contributed by atoms with E-state index in [1.165, 1.54) is 25.3 Å². The first kappa shape index (κ1) is 14.4. The maximum Gasteiger partial charge on any atom is 0.573 e. The van der Waals surface area contributed by atoms with Crippen molar-refractivity contribution in [3.63, 3.8) is 0 Å². The molecule has 3 nitrogen and oxygen atoms in total. The number of alkyl halides is 3. The highest BCUT2D eigenvalue weighted by molar-refractivity contribution is 7.12. The van der Waals surface area contributed by atoms with Crippen molar-refractivity contribution in [2.24, 2.45) is 0 Å². The van der Waals surface area contributed by atoms with Crippen molar-refractivity contribution in [2.45, 2.75) is 6.36 Å². The third-order valence-corrected chi connectivity index (χ3v) is 3.27. The molecule has 0 saturated heterocycles. The number of hydrogen-bond acceptors (Lipinski definition) is 4. The standard InChI is InChI=1S/C13H9F3O3S/c1-18-10-6-11(20-7-10)12(17)8-3-2-4-9(5-8)19-13(14,15)16/h2-7H,1H3. The smallest absolute Gasteiger partial charge is 0.496 e. The van der Waals surface area contributed by atoms with Crippen LogP contribution in [-0.4, -0.2) is 19.3 Å². The number of rotatable bonds is 4. The van der Waals surface area contributed by atoms with E-state index in [2.05, 4.69) is 4.74 Å². The van der Waals surface area contributed by atoms with E-state index in [1.807, 2.05) is 0 Å². The monoisotopic (exact) mass is 302 g/mol. The van der Waals surface area contributed by atoms with Gasteiger partial charge in [0.1, 0.15) is 11.5 Å². The predicted octanol–water partition coefficient (Wildman–Crippen LogP) is 3.89. The van der Waals surface area contributed by atoms with Crippen molar-refractivity contribution in [3.05, 3.63) is 46.2 Å². The zero-order valence-electron chi connectivity index (χ0n) is 10.2. The van der Waals surface area contributed by atoms with Crippen molar-refractivity contribution < 1.29 is 27.4 Å². The van der Waals surface area contributed by atoms with Gasteiger partial charge in [0.25, 0.3) is 0 Å². The second-order valence-corrected chi connectivity index (χ2v) is 4.67. The fourth-order valence-electron chi connectivity index (χ4n) is 1.52. The lowest BCUT2D eigenvalue weighted by atomic mass is 10.1. The molecule has 0 spiro atoms. The first-order valence-electron chi connectivity index (χ1n) is 5.42. The molecule has 0 radical (unpaired) electrons. The van der Waals surface area contributed by atoms with Crippen LogP contribution in [0, 0.1) is 0 Å². The van der Waals surface area contributed by atoms with Gasteiger partial charge in [-0.3, -0.25) is 4.79 Å². The van der Waals surface area contributed by atoms with Gasteiger partial charge in [-0.1, -0.05) is 12.1 Å². The molecule has 20 heavy (non-hydrogen) atoms. The van der Waals surface area contributed by atoms with E-state index < -0.39 is 12.1 Å². The van der Waals surface area contributed by atoms with Crippen molar-refractivity contribution in [2.75, 3.05) is 7.11 Å². The average Bonchev–Trinajstić information content (AvgIpc) is 2.85. The highest BCUT2D eigenvalue weighted by Gasteiger charge is 2.31. The van der Waals surface area contributed by atoms with Crippen molar-refractivity contribution >= 4 is 17.1 Å². The second kappa shape index (κ2) is 5.54. The maximum atomic E-state index is 12.1. The minimum Gasteiger partial charge on any atom is -0.496 e. The van der Waals surface area contributed by atoms with Gasteiger partial charge in [0.2, 0.25) is 5.78 Å². The number of ketones is 1. The maximum absolute atomic E-state index is 12.1. The summed E-state index contributed by atoms with van der Waals surface area (Å²) in [6, 6.07) is 6.49. The van der Waals surface area contributed by atoms with E-state index in [1.54, 1.807) is 5.38 Å². The number of hydrogen-bond donors (Lipinski definition) is 0. The fourth-order valence-corrected chi connectivity index (χ4v) is 2.34. The highest BCUT2D eigenvalue weighted by atomic mass is 32.1. The molecular formula is C13H9F3O3S. The topological polar surface area (TPSA) is 35.5 Å². The summed E-state index contributed by atoms with van der Waals surface area (Å²) in [5, 5.41) is 1.64. The van der Waals surface area contributed by atoms with E-state index >= 15 is 0 Å². The third-order valence-electron chi connectivity index (χ3n) is 2.36. The first-order valence-corrected chi connectivity index (χ1v) is 6.30. The molecule has 0 aliphatic heterocycles. The van der Waals surface area contributed by atoms with Crippen LogP contribution >= 0.6 is 11.3 Å². The first-order chi connectivity index (χ1) is 9.39. The Morgan fingerprint density at radius 1 is 1.20 bits per heavy atom. The summed E-state index contributed by atoms with van der Waals surface area (Å²) in [7, 11) is 1.47. The summed E-state index contributed by atoms with van der Waals surface area (Å²) in [5.41, 5.74) is 0.122. The number of thiophene rings is 1. The molecule has 2 aromatic rings. The molecule has 0 bridgehead atoms. The van der Waals surface area contributed by atoms with E-state index in [-0.39, 0.29) is 11.3 Å². The van der Waals surface area contributed by atoms with Gasteiger partial charge in [-0.05, 0) is 12.1 Å². The van der Waals surface area contributed by atoms with Gasteiger partial charge in [-0.2, -0.15) is 0 Å². The lowest BCUT2D eigenvalue weighted by Gasteiger charge is -2.09. The van der Waals surface area contributed by atoms with Crippen molar-refractivity contribution in [1.29, 1.82) is 0 Å². The normalized spacial score (nSPS) is 11.2. The Labute approximate surface area is 116 Å². The summed E-state index contributed by atoms with van der Waals surface area (Å²) in [6.45, 7) is 0. The van der Waals surface area contributed by atoms with Crippen LogP contribution in [0.3, 0.4) is 0 Å². The molecule has 1 heterocycles. The number of ether oxygens (including phenoxy) is 2. The summed E-state index contributed by atoms with van der Waals surface area (Å²) in [4.78, 5) is 12.5. The van der Waals surface area contributed by atoms with E-state index in [4.69, 9.17) is 4.74 Å². The molecule has 0 atom stereocenters. The van der Waals surface area contributed by atoms with Gasteiger partial charge >= 0.3 is 6.36 Å². The Bertz CT molecular complexity index is 619. The van der Waals surface area contributed by atoms with Gasteiger partial charge in [-0.15, -0.1) is 24.5 Å². The summed E-state index contributed by atoms with van der Waals surface area (Å²) in [5.74, 6) is -0.279. The molecule has 0 amide bonds. The van der Waals surface area contributed by atoms with Crippen molar-refractivity contribution in [3.8, 4) is 11.5 Å². The largest absolute Gasteiger partial charge is 0.573 e. The second-order valence-electron chi connectivity index (χ2n) is 3.76. The number of carbonyl (C=O) groups is 1. The fraction of sp³-hybridized carbons (Fsp3) is 0.154. The van der Waals surface area contributed by atoms with Gasteiger partial charge in [0, 0.05) is 17.0 Å². The van der Waals surface area contributed by atoms with Crippen LogP contribution in [0.2, 0.25) is 0 Å². The van der Waals surface area contributed by atoms with Gasteiger partial charge in [0.15, 0.2) is 0 Å². The molecule has 106 valence electrons. The Morgan fingerprint density at radius 2 is 1.95 bits per heavy atom. The van der Waals surface area contributed by atoms with Crippen LogP contribution in [0.15, 0.2) is 35.7 Å². The van der Waals surface area contributed by atoms with E-state index in [0.29, 0.717) is 10.6 Å². The van der Waals surface area contributed by atoms with Crippen LogP contribution < -0.4 is 9.47 Å². The zero-order chi connectivity index (χ0) is 14.8. The highest BCUT2D eigenvalue weighted by Crippen LogP contribution is 2.27. The molecule has 2 rings (SSSR count). The summed E-state index contributed by atoms with van der Waals surface area (Å²) < 4.78 is 45.1. The molecule has 0 aliphatic carbocycles. The Balaban J connectivity index is 2.24. The van der Waals surface area contributed by atoms with E-state index in [0.717, 1.165) is 23.5 Å². The Hall–Kier alpha value is -2.02. The number of carbonyl (C=O) groups excluding carboxylic acids is 1. The third kappa shape index (κ3) is 3.51. The van der Waals surface area contributed by atoms with Gasteiger partial charge in [-0.25, -0.2) is 0 Å². The zero-order valence-corrected chi connectivity index (χ0v) is 11.0. The quantitative estimate of drug-likeness (QED) is 0.804. The predicted molar refractivity (Wildman–Crippen MR) is 67.4 cm³/mol. The Kier molecular flexibility index (Phi) is 3.99. The number of methoxy groups -OCH3 is 1. The van der Waals surface area contributed by atoms with E-state index in [9.17, 15) is 18.0 Å². The molecule has 0 unspecified atom stereocenters. The molecule has 0 N–H and O–H groups in total. The van der Waals surface area contributed by atoms with Crippen LogP contribution in [0.25, 0.3) is 0 Å². The SMILES string of the molecule is COc1csc(C(=O)c2cccc(OC(F)(F)F)c2)c1. The minimum atomic E-state index is -4.78. The number of benzene rings is 1. The lowest BCUT2D eigenvalue weighted by Crippen LogP contribution is -2.17. The summed E-state index contributed by atoms with van der Waals surface area (Å²) in [6.07, 6.45) is -4.78. The molecule has 1 aromatic heterocycles. The van der Waals surface area contributed by atoms with Crippen molar-refractivity contribution in [1.82, 2.24) is 0 Å².